The van der Waals surface area contributed by atoms with Crippen LogP contribution in [0, 0.1) is 23.7 Å². The van der Waals surface area contributed by atoms with Gasteiger partial charge >= 0.3 is 6.03 Å². The van der Waals surface area contributed by atoms with Gasteiger partial charge in [-0.15, -0.1) is 0 Å². The quantitative estimate of drug-likeness (QED) is 0.640. The van der Waals surface area contributed by atoms with Crippen molar-refractivity contribution in [2.75, 3.05) is 13.1 Å². The third-order valence-corrected chi connectivity index (χ3v) is 5.26. The second-order valence-corrected chi connectivity index (χ2v) is 6.01. The first-order chi connectivity index (χ1) is 8.25. The molecule has 2 bridgehead atoms. The van der Waals surface area contributed by atoms with Gasteiger partial charge in [-0.1, -0.05) is 6.42 Å². The zero-order valence-corrected chi connectivity index (χ0v) is 10.3. The molecule has 4 heteroatoms. The van der Waals surface area contributed by atoms with E-state index in [1.165, 1.54) is 32.1 Å². The van der Waals surface area contributed by atoms with Gasteiger partial charge in [0.1, 0.15) is 0 Å². The number of fused-ring (bicyclic) bond motifs is 5. The SMILES string of the molecule is NC(=O)NCCNC1CC2CC1C1CCCC21. The van der Waals surface area contributed by atoms with Gasteiger partial charge in [0.15, 0.2) is 0 Å². The summed E-state index contributed by atoms with van der Waals surface area (Å²) >= 11 is 0. The highest BCUT2D eigenvalue weighted by Crippen LogP contribution is 2.58. The molecule has 3 fully saturated rings. The first kappa shape index (κ1) is 11.3. The highest BCUT2D eigenvalue weighted by molar-refractivity contribution is 5.71. The largest absolute Gasteiger partial charge is 0.352 e. The average molecular weight is 237 g/mol. The van der Waals surface area contributed by atoms with Gasteiger partial charge in [-0.25, -0.2) is 4.79 Å². The van der Waals surface area contributed by atoms with Gasteiger partial charge < -0.3 is 16.4 Å². The van der Waals surface area contributed by atoms with E-state index >= 15 is 0 Å². The Morgan fingerprint density at radius 1 is 1.12 bits per heavy atom. The number of nitrogens with two attached hydrogens (primary N) is 1. The third kappa shape index (κ3) is 2.03. The van der Waals surface area contributed by atoms with E-state index in [9.17, 15) is 4.79 Å². The molecule has 3 aliphatic carbocycles. The standard InChI is InChI=1S/C13H23N3O/c14-13(17)16-5-4-15-12-7-8-6-11(12)10-3-1-2-9(8)10/h8-12,15H,1-7H2,(H3,14,16,17). The average Bonchev–Trinajstić information content (AvgIpc) is 2.95. The molecule has 0 saturated heterocycles. The molecule has 5 unspecified atom stereocenters. The summed E-state index contributed by atoms with van der Waals surface area (Å²) < 4.78 is 0. The van der Waals surface area contributed by atoms with Crippen molar-refractivity contribution in [1.29, 1.82) is 0 Å². The number of hydrogen-bond donors (Lipinski definition) is 3. The molecule has 0 heterocycles. The van der Waals surface area contributed by atoms with Gasteiger partial charge in [-0.05, 0) is 49.4 Å². The molecule has 5 atom stereocenters. The Hall–Kier alpha value is -0.770. The molecule has 0 aromatic heterocycles. The number of rotatable bonds is 4. The van der Waals surface area contributed by atoms with Gasteiger partial charge in [0.2, 0.25) is 0 Å². The van der Waals surface area contributed by atoms with Gasteiger partial charge in [-0.2, -0.15) is 0 Å². The van der Waals surface area contributed by atoms with Crippen molar-refractivity contribution >= 4 is 6.03 Å². The van der Waals surface area contributed by atoms with Crippen LogP contribution in [-0.4, -0.2) is 25.2 Å². The maximum Gasteiger partial charge on any atom is 0.312 e. The van der Waals surface area contributed by atoms with Crippen molar-refractivity contribution in [3.63, 3.8) is 0 Å². The Morgan fingerprint density at radius 2 is 1.94 bits per heavy atom. The van der Waals surface area contributed by atoms with Crippen molar-refractivity contribution in [2.24, 2.45) is 29.4 Å². The van der Waals surface area contributed by atoms with Crippen molar-refractivity contribution in [3.05, 3.63) is 0 Å². The molecule has 96 valence electrons. The van der Waals surface area contributed by atoms with Crippen LogP contribution >= 0.6 is 0 Å². The lowest BCUT2D eigenvalue weighted by molar-refractivity contribution is 0.209. The van der Waals surface area contributed by atoms with Gasteiger partial charge in [0, 0.05) is 19.1 Å². The van der Waals surface area contributed by atoms with E-state index in [0.29, 0.717) is 12.6 Å². The fourth-order valence-electron chi connectivity index (χ4n) is 4.75. The summed E-state index contributed by atoms with van der Waals surface area (Å²) in [4.78, 5) is 10.6. The Kier molecular flexibility index (Phi) is 2.99. The Labute approximate surface area is 103 Å². The number of primary amides is 1. The van der Waals surface area contributed by atoms with Crippen molar-refractivity contribution in [2.45, 2.75) is 38.1 Å². The molecular formula is C13H23N3O. The molecule has 4 nitrogen and oxygen atoms in total. The molecule has 0 aliphatic heterocycles. The molecule has 4 N–H and O–H groups in total. The van der Waals surface area contributed by atoms with Crippen LogP contribution in [0.15, 0.2) is 0 Å². The van der Waals surface area contributed by atoms with Crippen LogP contribution in [0.5, 0.6) is 0 Å². The number of nitrogens with one attached hydrogen (secondary N) is 2. The molecule has 3 aliphatic rings. The van der Waals surface area contributed by atoms with Crippen LogP contribution in [0.2, 0.25) is 0 Å². The van der Waals surface area contributed by atoms with E-state index in [4.69, 9.17) is 5.73 Å². The van der Waals surface area contributed by atoms with E-state index in [1.54, 1.807) is 0 Å². The van der Waals surface area contributed by atoms with Gasteiger partial charge in [-0.3, -0.25) is 0 Å². The zero-order chi connectivity index (χ0) is 11.8. The molecule has 0 radical (unpaired) electrons. The number of amides is 2. The lowest BCUT2D eigenvalue weighted by Gasteiger charge is -2.32. The second kappa shape index (κ2) is 4.48. The number of urea groups is 1. The lowest BCUT2D eigenvalue weighted by Crippen LogP contribution is -2.43. The van der Waals surface area contributed by atoms with Crippen LogP contribution in [0.25, 0.3) is 0 Å². The minimum atomic E-state index is -0.421. The van der Waals surface area contributed by atoms with E-state index in [0.717, 1.165) is 30.2 Å². The normalized spacial score (nSPS) is 42.7. The highest BCUT2D eigenvalue weighted by atomic mass is 16.2. The smallest absolute Gasteiger partial charge is 0.312 e. The van der Waals surface area contributed by atoms with Crippen LogP contribution in [-0.2, 0) is 0 Å². The van der Waals surface area contributed by atoms with Gasteiger partial charge in [0.25, 0.3) is 0 Å². The summed E-state index contributed by atoms with van der Waals surface area (Å²) in [7, 11) is 0. The number of carbonyl (C=O) groups excluding carboxylic acids is 1. The van der Waals surface area contributed by atoms with Gasteiger partial charge in [0.05, 0.1) is 0 Å². The van der Waals surface area contributed by atoms with Crippen LogP contribution in [0.1, 0.15) is 32.1 Å². The summed E-state index contributed by atoms with van der Waals surface area (Å²) in [6.07, 6.45) is 7.22. The summed E-state index contributed by atoms with van der Waals surface area (Å²) in [5, 5.41) is 6.25. The summed E-state index contributed by atoms with van der Waals surface area (Å²) in [5.41, 5.74) is 5.04. The second-order valence-electron chi connectivity index (χ2n) is 6.01. The maximum atomic E-state index is 10.6. The van der Waals surface area contributed by atoms with E-state index in [1.807, 2.05) is 0 Å². The van der Waals surface area contributed by atoms with Crippen molar-refractivity contribution < 1.29 is 4.79 Å². The molecule has 0 aromatic rings. The molecule has 17 heavy (non-hydrogen) atoms. The molecule has 3 saturated carbocycles. The third-order valence-electron chi connectivity index (χ3n) is 5.26. The fourth-order valence-corrected chi connectivity index (χ4v) is 4.75. The Balaban J connectivity index is 1.46. The van der Waals surface area contributed by atoms with E-state index in [2.05, 4.69) is 10.6 Å². The Bertz CT molecular complexity index is 307. The Morgan fingerprint density at radius 3 is 2.76 bits per heavy atom. The highest BCUT2D eigenvalue weighted by Gasteiger charge is 2.53. The summed E-state index contributed by atoms with van der Waals surface area (Å²) in [6.45, 7) is 1.51. The molecular weight excluding hydrogens is 214 g/mol. The summed E-state index contributed by atoms with van der Waals surface area (Å²) in [6, 6.07) is 0.282. The minimum Gasteiger partial charge on any atom is -0.352 e. The van der Waals surface area contributed by atoms with Crippen LogP contribution in [0.3, 0.4) is 0 Å². The fraction of sp³-hybridized carbons (Fsp3) is 0.923. The molecule has 2 amide bonds. The van der Waals surface area contributed by atoms with Crippen molar-refractivity contribution in [1.82, 2.24) is 10.6 Å². The molecule has 0 spiro atoms. The van der Waals surface area contributed by atoms with Crippen LogP contribution in [0.4, 0.5) is 4.79 Å². The van der Waals surface area contributed by atoms with E-state index < -0.39 is 6.03 Å². The van der Waals surface area contributed by atoms with Crippen molar-refractivity contribution in [3.8, 4) is 0 Å². The maximum absolute atomic E-state index is 10.6. The predicted octanol–water partition coefficient (Wildman–Crippen LogP) is 1.07. The minimum absolute atomic E-state index is 0.421. The zero-order valence-electron chi connectivity index (χ0n) is 10.3. The number of hydrogen-bond acceptors (Lipinski definition) is 2. The topological polar surface area (TPSA) is 67.2 Å². The monoisotopic (exact) mass is 237 g/mol. The first-order valence-corrected chi connectivity index (χ1v) is 7.02. The molecule has 3 rings (SSSR count). The first-order valence-electron chi connectivity index (χ1n) is 7.02. The number of carbonyl (C=O) groups is 1. The van der Waals surface area contributed by atoms with Crippen LogP contribution < -0.4 is 16.4 Å². The van der Waals surface area contributed by atoms with E-state index in [-0.39, 0.29) is 0 Å². The lowest BCUT2D eigenvalue weighted by atomic mass is 9.79. The predicted molar refractivity (Wildman–Crippen MR) is 66.4 cm³/mol. The molecule has 0 aromatic carbocycles. The summed E-state index contributed by atoms with van der Waals surface area (Å²) in [5.74, 6) is 3.98.